The fourth-order valence-electron chi connectivity index (χ4n) is 4.02. The molecular formula is C28H33N3O4. The highest BCUT2D eigenvalue weighted by Gasteiger charge is 2.28. The molecule has 1 aliphatic rings. The number of aryl methyl sites for hydroxylation is 1. The van der Waals surface area contributed by atoms with Crippen LogP contribution in [0, 0.1) is 25.2 Å². The maximum absolute atomic E-state index is 10.6. The molecule has 2 aromatic carbocycles. The van der Waals surface area contributed by atoms with Gasteiger partial charge in [-0.15, -0.1) is 6.42 Å². The minimum atomic E-state index is -0.627. The standard InChI is InChI=1S/C28H33N3O4/c1-4-16-34-20-24(32)18-30(17-22-10-11-22)19-27-21(2)29-31(23-8-6-5-7-9-23)28(27)35-26-14-12-25(33-3)13-15-26/h1,5-9,12-15,22,24,32H,10-11,16-20H2,2-3H3/t24-/m1/s1. The lowest BCUT2D eigenvalue weighted by Gasteiger charge is -2.25. The highest BCUT2D eigenvalue weighted by molar-refractivity contribution is 5.44. The average molecular weight is 476 g/mol. The molecule has 0 saturated heterocycles. The first-order chi connectivity index (χ1) is 17.1. The number of aliphatic hydroxyl groups excluding tert-OH is 1. The highest BCUT2D eigenvalue weighted by atomic mass is 16.5. The van der Waals surface area contributed by atoms with E-state index in [0.29, 0.717) is 30.6 Å². The molecule has 7 nitrogen and oxygen atoms in total. The number of hydrogen-bond donors (Lipinski definition) is 1. The Labute approximate surface area is 207 Å². The summed E-state index contributed by atoms with van der Waals surface area (Å²) in [5, 5.41) is 15.4. The lowest BCUT2D eigenvalue weighted by Crippen LogP contribution is -2.36. The summed E-state index contributed by atoms with van der Waals surface area (Å²) < 4.78 is 18.9. The first-order valence-electron chi connectivity index (χ1n) is 11.9. The second-order valence-electron chi connectivity index (χ2n) is 8.90. The molecule has 4 rings (SSSR count). The highest BCUT2D eigenvalue weighted by Crippen LogP contribution is 2.34. The van der Waals surface area contributed by atoms with Gasteiger partial charge in [0.25, 0.3) is 0 Å². The van der Waals surface area contributed by atoms with Gasteiger partial charge >= 0.3 is 0 Å². The number of hydrogen-bond acceptors (Lipinski definition) is 6. The van der Waals surface area contributed by atoms with Crippen molar-refractivity contribution in [2.45, 2.75) is 32.4 Å². The molecule has 1 aliphatic carbocycles. The quantitative estimate of drug-likeness (QED) is 0.295. The summed E-state index contributed by atoms with van der Waals surface area (Å²) in [5.74, 6) is 5.22. The van der Waals surface area contributed by atoms with E-state index in [1.165, 1.54) is 12.8 Å². The molecule has 7 heteroatoms. The molecule has 1 saturated carbocycles. The van der Waals surface area contributed by atoms with Crippen molar-refractivity contribution >= 4 is 0 Å². The predicted octanol–water partition coefficient (Wildman–Crippen LogP) is 4.20. The van der Waals surface area contributed by atoms with E-state index in [2.05, 4.69) is 10.8 Å². The zero-order valence-corrected chi connectivity index (χ0v) is 20.4. The summed E-state index contributed by atoms with van der Waals surface area (Å²) in [6.07, 6.45) is 7.07. The number of terminal acetylenes is 1. The van der Waals surface area contributed by atoms with E-state index in [-0.39, 0.29) is 13.2 Å². The number of methoxy groups -OCH3 is 1. The molecule has 35 heavy (non-hydrogen) atoms. The molecule has 1 aromatic heterocycles. The molecule has 184 valence electrons. The van der Waals surface area contributed by atoms with E-state index < -0.39 is 6.10 Å². The Bertz CT molecular complexity index is 1120. The maximum atomic E-state index is 10.6. The third-order valence-electron chi connectivity index (χ3n) is 5.97. The van der Waals surface area contributed by atoms with Crippen LogP contribution in [0.1, 0.15) is 24.1 Å². The van der Waals surface area contributed by atoms with E-state index in [1.807, 2.05) is 66.2 Å². The summed E-state index contributed by atoms with van der Waals surface area (Å²) in [6, 6.07) is 17.5. The first-order valence-corrected chi connectivity index (χ1v) is 11.9. The van der Waals surface area contributed by atoms with Gasteiger partial charge in [0.15, 0.2) is 0 Å². The molecule has 1 fully saturated rings. The van der Waals surface area contributed by atoms with Crippen molar-refractivity contribution in [1.82, 2.24) is 14.7 Å². The van der Waals surface area contributed by atoms with Crippen LogP contribution >= 0.6 is 0 Å². The number of ether oxygens (including phenoxy) is 3. The largest absolute Gasteiger partial charge is 0.497 e. The molecule has 0 bridgehead atoms. The van der Waals surface area contributed by atoms with Gasteiger partial charge in [0.2, 0.25) is 5.88 Å². The third-order valence-corrected chi connectivity index (χ3v) is 5.97. The zero-order chi connectivity index (χ0) is 24.6. The minimum absolute atomic E-state index is 0.197. The van der Waals surface area contributed by atoms with Crippen molar-refractivity contribution < 1.29 is 19.3 Å². The maximum Gasteiger partial charge on any atom is 0.227 e. The van der Waals surface area contributed by atoms with Gasteiger partial charge in [0.1, 0.15) is 18.1 Å². The van der Waals surface area contributed by atoms with Crippen LogP contribution in [-0.4, -0.2) is 59.3 Å². The van der Waals surface area contributed by atoms with Gasteiger partial charge in [0, 0.05) is 19.6 Å². The predicted molar refractivity (Wildman–Crippen MR) is 135 cm³/mol. The molecule has 0 radical (unpaired) electrons. The molecular weight excluding hydrogens is 442 g/mol. The second kappa shape index (κ2) is 11.9. The van der Waals surface area contributed by atoms with Crippen LogP contribution in [0.25, 0.3) is 5.69 Å². The molecule has 3 aromatic rings. The summed E-state index contributed by atoms with van der Waals surface area (Å²) in [4.78, 5) is 2.27. The van der Waals surface area contributed by atoms with E-state index in [4.69, 9.17) is 25.7 Å². The van der Waals surface area contributed by atoms with Crippen molar-refractivity contribution in [3.05, 3.63) is 65.9 Å². The van der Waals surface area contributed by atoms with Crippen LogP contribution in [0.15, 0.2) is 54.6 Å². The lowest BCUT2D eigenvalue weighted by molar-refractivity contribution is 0.0250. The van der Waals surface area contributed by atoms with Gasteiger partial charge < -0.3 is 19.3 Å². The number of para-hydroxylation sites is 1. The normalized spacial score (nSPS) is 14.0. The Morgan fingerprint density at radius 2 is 1.86 bits per heavy atom. The van der Waals surface area contributed by atoms with Gasteiger partial charge in [-0.1, -0.05) is 24.1 Å². The SMILES string of the molecule is C#CCOC[C@H](O)CN(Cc1c(C)nn(-c2ccccc2)c1Oc1ccc(OC)cc1)CC1CC1. The summed E-state index contributed by atoms with van der Waals surface area (Å²) in [5.41, 5.74) is 2.79. The van der Waals surface area contributed by atoms with E-state index in [1.54, 1.807) is 7.11 Å². The van der Waals surface area contributed by atoms with Crippen molar-refractivity contribution in [3.63, 3.8) is 0 Å². The summed E-state index contributed by atoms with van der Waals surface area (Å²) >= 11 is 0. The smallest absolute Gasteiger partial charge is 0.227 e. The molecule has 0 aliphatic heterocycles. The fourth-order valence-corrected chi connectivity index (χ4v) is 4.02. The number of benzene rings is 2. The minimum Gasteiger partial charge on any atom is -0.497 e. The van der Waals surface area contributed by atoms with E-state index in [0.717, 1.165) is 29.2 Å². The average Bonchev–Trinajstić information content (AvgIpc) is 3.64. The lowest BCUT2D eigenvalue weighted by atomic mass is 10.2. The van der Waals surface area contributed by atoms with Crippen LogP contribution in [0.3, 0.4) is 0 Å². The Morgan fingerprint density at radius 1 is 1.14 bits per heavy atom. The Hall–Kier alpha value is -3.31. The van der Waals surface area contributed by atoms with E-state index >= 15 is 0 Å². The van der Waals surface area contributed by atoms with Gasteiger partial charge in [-0.05, 0) is 62.1 Å². The third kappa shape index (κ3) is 6.86. The Morgan fingerprint density at radius 3 is 2.51 bits per heavy atom. The fraction of sp³-hybridized carbons (Fsp3) is 0.393. The molecule has 0 unspecified atom stereocenters. The molecule has 1 N–H and O–H groups in total. The molecule has 1 atom stereocenters. The van der Waals surface area contributed by atoms with Crippen LogP contribution in [0.5, 0.6) is 17.4 Å². The number of aliphatic hydroxyl groups is 1. The van der Waals surface area contributed by atoms with Crippen molar-refractivity contribution in [3.8, 4) is 35.4 Å². The van der Waals surface area contributed by atoms with Gasteiger partial charge in [-0.2, -0.15) is 5.10 Å². The first kappa shape index (κ1) is 24.8. The Balaban J connectivity index is 1.62. The Kier molecular flexibility index (Phi) is 8.43. The van der Waals surface area contributed by atoms with Crippen LogP contribution in [0.4, 0.5) is 0 Å². The van der Waals surface area contributed by atoms with Crippen molar-refractivity contribution in [2.24, 2.45) is 5.92 Å². The second-order valence-corrected chi connectivity index (χ2v) is 8.90. The summed E-state index contributed by atoms with van der Waals surface area (Å²) in [7, 11) is 1.64. The zero-order valence-electron chi connectivity index (χ0n) is 20.4. The molecule has 0 amide bonds. The number of aromatic nitrogens is 2. The summed E-state index contributed by atoms with van der Waals surface area (Å²) in [6.45, 7) is 4.40. The van der Waals surface area contributed by atoms with Gasteiger partial charge in [-0.25, -0.2) is 4.68 Å². The topological polar surface area (TPSA) is 69.0 Å². The van der Waals surface area contributed by atoms with Crippen molar-refractivity contribution in [1.29, 1.82) is 0 Å². The molecule has 1 heterocycles. The molecule has 0 spiro atoms. The van der Waals surface area contributed by atoms with Crippen LogP contribution < -0.4 is 9.47 Å². The van der Waals surface area contributed by atoms with Gasteiger partial charge in [-0.3, -0.25) is 4.90 Å². The van der Waals surface area contributed by atoms with Crippen LogP contribution in [-0.2, 0) is 11.3 Å². The monoisotopic (exact) mass is 475 g/mol. The number of rotatable bonds is 13. The van der Waals surface area contributed by atoms with Gasteiger partial charge in [0.05, 0.1) is 36.8 Å². The van der Waals surface area contributed by atoms with Crippen LogP contribution in [0.2, 0.25) is 0 Å². The van der Waals surface area contributed by atoms with E-state index in [9.17, 15) is 5.11 Å². The van der Waals surface area contributed by atoms with Crippen molar-refractivity contribution in [2.75, 3.05) is 33.4 Å². The number of nitrogens with zero attached hydrogens (tertiary/aromatic N) is 3.